The minimum Gasteiger partial charge on any atom is -0.492 e. The normalized spacial score (nSPS) is 20.0. The molecular weight excluding hydrogens is 392 g/mol. The number of imide groups is 1. The van der Waals surface area contributed by atoms with Gasteiger partial charge in [-0.3, -0.25) is 19.3 Å². The first-order chi connectivity index (χ1) is 15.0. The van der Waals surface area contributed by atoms with Crippen molar-refractivity contribution in [3.63, 3.8) is 0 Å². The van der Waals surface area contributed by atoms with E-state index in [2.05, 4.69) is 5.32 Å². The largest absolute Gasteiger partial charge is 0.492 e. The third-order valence-corrected chi connectivity index (χ3v) is 6.03. The molecule has 2 aromatic rings. The number of nitrogens with one attached hydrogen (secondary N) is 1. The number of aryl methyl sites for hydroxylation is 2. The van der Waals surface area contributed by atoms with Crippen LogP contribution in [0.5, 0.6) is 5.75 Å². The van der Waals surface area contributed by atoms with Crippen LogP contribution in [0.1, 0.15) is 34.3 Å². The number of ether oxygens (including phenoxy) is 1. The van der Waals surface area contributed by atoms with E-state index in [9.17, 15) is 14.4 Å². The maximum absolute atomic E-state index is 12.7. The summed E-state index contributed by atoms with van der Waals surface area (Å²) < 4.78 is 5.68. The van der Waals surface area contributed by atoms with Crippen molar-refractivity contribution < 1.29 is 19.1 Å². The molecule has 3 amide bonds. The number of anilines is 1. The van der Waals surface area contributed by atoms with E-state index in [4.69, 9.17) is 4.74 Å². The molecule has 4 rings (SSSR count). The number of carbonyl (C=O) groups is 3. The summed E-state index contributed by atoms with van der Waals surface area (Å²) in [4.78, 5) is 39.0. The standard InChI is InChI=1S/C25H26N2O4/c1-16-7-12-20(15-17(16)2)31-14-13-26-23(28)18-8-10-19(11-9-18)27-24(29)21-5-3-4-6-22(21)25(27)30/h3-4,7-12,15,21-22H,5-6,13-14H2,1-2H3,(H,26,28). The number of nitrogens with zero attached hydrogens (tertiary/aromatic N) is 1. The van der Waals surface area contributed by atoms with Crippen molar-refractivity contribution in [3.05, 3.63) is 71.3 Å². The molecule has 1 N–H and O–H groups in total. The van der Waals surface area contributed by atoms with Crippen LogP contribution in [0.2, 0.25) is 0 Å². The number of hydrogen-bond donors (Lipinski definition) is 1. The van der Waals surface area contributed by atoms with Gasteiger partial charge in [-0.1, -0.05) is 18.2 Å². The fourth-order valence-electron chi connectivity index (χ4n) is 4.06. The van der Waals surface area contributed by atoms with Crippen LogP contribution in [-0.4, -0.2) is 30.9 Å². The Bertz CT molecular complexity index is 1020. The molecule has 2 aromatic carbocycles. The molecule has 0 spiro atoms. The van der Waals surface area contributed by atoms with E-state index < -0.39 is 0 Å². The Labute approximate surface area is 181 Å². The van der Waals surface area contributed by atoms with Crippen LogP contribution in [0, 0.1) is 25.7 Å². The SMILES string of the molecule is Cc1ccc(OCCNC(=O)c2ccc(N3C(=O)C4CC=CCC4C3=O)cc2)cc1C. The number of hydrogen-bond acceptors (Lipinski definition) is 4. The highest BCUT2D eigenvalue weighted by molar-refractivity contribution is 6.22. The lowest BCUT2D eigenvalue weighted by atomic mass is 9.85. The van der Waals surface area contributed by atoms with Gasteiger partial charge in [0.25, 0.3) is 5.91 Å². The van der Waals surface area contributed by atoms with E-state index in [0.29, 0.717) is 37.2 Å². The van der Waals surface area contributed by atoms with Crippen molar-refractivity contribution in [2.75, 3.05) is 18.1 Å². The summed E-state index contributed by atoms with van der Waals surface area (Å²) in [5, 5.41) is 2.82. The molecule has 0 radical (unpaired) electrons. The monoisotopic (exact) mass is 418 g/mol. The van der Waals surface area contributed by atoms with Gasteiger partial charge >= 0.3 is 0 Å². The van der Waals surface area contributed by atoms with Crippen molar-refractivity contribution in [3.8, 4) is 5.75 Å². The van der Waals surface area contributed by atoms with Crippen LogP contribution in [0.4, 0.5) is 5.69 Å². The van der Waals surface area contributed by atoms with Gasteiger partial charge in [-0.25, -0.2) is 0 Å². The van der Waals surface area contributed by atoms with Gasteiger partial charge in [0.1, 0.15) is 12.4 Å². The molecule has 1 saturated heterocycles. The predicted octanol–water partition coefficient (Wildman–Crippen LogP) is 3.57. The topological polar surface area (TPSA) is 75.7 Å². The van der Waals surface area contributed by atoms with Crippen LogP contribution in [0.25, 0.3) is 0 Å². The summed E-state index contributed by atoms with van der Waals surface area (Å²) in [7, 11) is 0. The second-order valence-corrected chi connectivity index (χ2v) is 8.06. The van der Waals surface area contributed by atoms with E-state index in [-0.39, 0.29) is 29.6 Å². The molecule has 1 aliphatic heterocycles. The Morgan fingerprint density at radius 1 is 0.968 bits per heavy atom. The second-order valence-electron chi connectivity index (χ2n) is 8.06. The molecule has 6 nitrogen and oxygen atoms in total. The smallest absolute Gasteiger partial charge is 0.251 e. The summed E-state index contributed by atoms with van der Waals surface area (Å²) >= 11 is 0. The highest BCUT2D eigenvalue weighted by Crippen LogP contribution is 2.37. The highest BCUT2D eigenvalue weighted by atomic mass is 16.5. The number of rotatable bonds is 6. The minimum absolute atomic E-state index is 0.153. The first-order valence-electron chi connectivity index (χ1n) is 10.6. The number of amides is 3. The molecule has 2 aliphatic rings. The zero-order valence-corrected chi connectivity index (χ0v) is 17.8. The Morgan fingerprint density at radius 3 is 2.23 bits per heavy atom. The van der Waals surface area contributed by atoms with Gasteiger partial charge in [0.15, 0.2) is 0 Å². The van der Waals surface area contributed by atoms with Crippen LogP contribution in [-0.2, 0) is 9.59 Å². The molecule has 160 valence electrons. The van der Waals surface area contributed by atoms with Gasteiger partial charge in [-0.05, 0) is 74.2 Å². The lowest BCUT2D eigenvalue weighted by Gasteiger charge is -2.15. The van der Waals surface area contributed by atoms with Crippen LogP contribution in [0.15, 0.2) is 54.6 Å². The molecule has 1 fully saturated rings. The number of carbonyl (C=O) groups excluding carboxylic acids is 3. The fraction of sp³-hybridized carbons (Fsp3) is 0.320. The maximum Gasteiger partial charge on any atom is 0.251 e. The molecular formula is C25H26N2O4. The Balaban J connectivity index is 1.31. The van der Waals surface area contributed by atoms with Crippen molar-refractivity contribution in [1.82, 2.24) is 5.32 Å². The molecule has 0 aromatic heterocycles. The molecule has 1 aliphatic carbocycles. The Morgan fingerprint density at radius 2 is 1.61 bits per heavy atom. The van der Waals surface area contributed by atoms with E-state index in [1.807, 2.05) is 44.2 Å². The number of allylic oxidation sites excluding steroid dienone is 2. The third-order valence-electron chi connectivity index (χ3n) is 6.03. The van der Waals surface area contributed by atoms with Crippen LogP contribution >= 0.6 is 0 Å². The zero-order valence-electron chi connectivity index (χ0n) is 17.8. The van der Waals surface area contributed by atoms with Crippen molar-refractivity contribution in [1.29, 1.82) is 0 Å². The molecule has 0 bridgehead atoms. The number of benzene rings is 2. The Kier molecular flexibility index (Phi) is 5.89. The van der Waals surface area contributed by atoms with Gasteiger partial charge < -0.3 is 10.1 Å². The number of fused-ring (bicyclic) bond motifs is 1. The van der Waals surface area contributed by atoms with E-state index in [0.717, 1.165) is 11.3 Å². The lowest BCUT2D eigenvalue weighted by Crippen LogP contribution is -2.31. The van der Waals surface area contributed by atoms with Gasteiger partial charge in [-0.15, -0.1) is 0 Å². The molecule has 0 saturated carbocycles. The van der Waals surface area contributed by atoms with E-state index in [1.54, 1.807) is 24.3 Å². The summed E-state index contributed by atoms with van der Waals surface area (Å²) in [6.07, 6.45) is 5.15. The zero-order chi connectivity index (χ0) is 22.0. The van der Waals surface area contributed by atoms with E-state index >= 15 is 0 Å². The lowest BCUT2D eigenvalue weighted by molar-refractivity contribution is -0.122. The molecule has 1 heterocycles. The summed E-state index contributed by atoms with van der Waals surface area (Å²) in [5.41, 5.74) is 3.34. The second kappa shape index (κ2) is 8.76. The van der Waals surface area contributed by atoms with E-state index in [1.165, 1.54) is 10.5 Å². The van der Waals surface area contributed by atoms with Gasteiger partial charge in [0.2, 0.25) is 11.8 Å². The predicted molar refractivity (Wildman–Crippen MR) is 118 cm³/mol. The summed E-state index contributed by atoms with van der Waals surface area (Å²) in [6, 6.07) is 12.5. The van der Waals surface area contributed by atoms with Gasteiger partial charge in [0.05, 0.1) is 24.1 Å². The van der Waals surface area contributed by atoms with Crippen LogP contribution < -0.4 is 15.0 Å². The summed E-state index contributed by atoms with van der Waals surface area (Å²) in [6.45, 7) is 4.80. The summed E-state index contributed by atoms with van der Waals surface area (Å²) in [5.74, 6) is -0.291. The highest BCUT2D eigenvalue weighted by Gasteiger charge is 2.47. The quantitative estimate of drug-likeness (QED) is 0.442. The van der Waals surface area contributed by atoms with Crippen molar-refractivity contribution >= 4 is 23.4 Å². The average molecular weight is 418 g/mol. The third kappa shape index (κ3) is 4.24. The van der Waals surface area contributed by atoms with Gasteiger partial charge in [0, 0.05) is 5.56 Å². The molecule has 31 heavy (non-hydrogen) atoms. The molecule has 2 unspecified atom stereocenters. The fourth-order valence-corrected chi connectivity index (χ4v) is 4.06. The first-order valence-corrected chi connectivity index (χ1v) is 10.6. The Hall–Kier alpha value is -3.41. The van der Waals surface area contributed by atoms with Crippen LogP contribution in [0.3, 0.4) is 0 Å². The molecule has 2 atom stereocenters. The van der Waals surface area contributed by atoms with Crippen molar-refractivity contribution in [2.45, 2.75) is 26.7 Å². The molecule has 6 heteroatoms. The maximum atomic E-state index is 12.7. The first kappa shape index (κ1) is 20.8. The van der Waals surface area contributed by atoms with Gasteiger partial charge in [-0.2, -0.15) is 0 Å². The van der Waals surface area contributed by atoms with Crippen molar-refractivity contribution in [2.24, 2.45) is 11.8 Å². The average Bonchev–Trinajstić information content (AvgIpc) is 3.04. The minimum atomic E-state index is -0.266.